The molecule has 1 aliphatic heterocycles. The van der Waals surface area contributed by atoms with Crippen LogP contribution in [0.4, 0.5) is 5.82 Å². The summed E-state index contributed by atoms with van der Waals surface area (Å²) in [5.41, 5.74) is 5.32. The van der Waals surface area contributed by atoms with Crippen LogP contribution < -0.4 is 11.5 Å². The molecule has 1 aromatic heterocycles. The van der Waals surface area contributed by atoms with Crippen molar-refractivity contribution in [2.24, 2.45) is 0 Å². The minimum Gasteiger partial charge on any atom is -0.397 e. The van der Waals surface area contributed by atoms with E-state index in [9.17, 15) is 0 Å². The summed E-state index contributed by atoms with van der Waals surface area (Å²) in [7, 11) is -0.662. The summed E-state index contributed by atoms with van der Waals surface area (Å²) < 4.78 is 11.6. The Morgan fingerprint density at radius 3 is 2.28 bits per heavy atom. The van der Waals surface area contributed by atoms with Crippen molar-refractivity contribution >= 4 is 18.7 Å². The van der Waals surface area contributed by atoms with Crippen molar-refractivity contribution in [2.45, 2.75) is 38.9 Å². The van der Waals surface area contributed by atoms with Crippen LogP contribution >= 0.6 is 0 Å². The quantitative estimate of drug-likeness (QED) is 0.713. The first-order chi connectivity index (χ1) is 8.27. The number of anilines is 1. The first-order valence-corrected chi connectivity index (χ1v) is 5.65. The molecule has 0 amide bonds. The second kappa shape index (κ2) is 3.94. The van der Waals surface area contributed by atoms with E-state index in [-0.39, 0.29) is 11.4 Å². The molecule has 2 heterocycles. The molecule has 2 rings (SSSR count). The van der Waals surface area contributed by atoms with Crippen molar-refractivity contribution < 1.29 is 9.31 Å². The van der Waals surface area contributed by atoms with Gasteiger partial charge in [-0.15, -0.1) is 0 Å². The van der Waals surface area contributed by atoms with Crippen LogP contribution in [-0.2, 0) is 9.31 Å². The van der Waals surface area contributed by atoms with Gasteiger partial charge in [0.2, 0.25) is 0 Å². The summed E-state index contributed by atoms with van der Waals surface area (Å²) in [6.45, 7) is 7.78. The Morgan fingerprint density at radius 2 is 1.83 bits per heavy atom. The summed E-state index contributed by atoms with van der Waals surface area (Å²) in [6, 6.07) is 1.91. The third kappa shape index (κ3) is 1.94. The largest absolute Gasteiger partial charge is 0.534 e. The molecule has 0 atom stereocenters. The van der Waals surface area contributed by atoms with E-state index in [4.69, 9.17) is 20.3 Å². The van der Waals surface area contributed by atoms with E-state index in [1.54, 1.807) is 0 Å². The number of rotatable bonds is 1. The smallest absolute Gasteiger partial charge is 0.397 e. The van der Waals surface area contributed by atoms with Crippen molar-refractivity contribution in [3.63, 3.8) is 0 Å². The molecule has 1 aliphatic rings. The molecular formula is C11H15BN4O2. The van der Waals surface area contributed by atoms with Gasteiger partial charge in [0, 0.05) is 6.20 Å². The van der Waals surface area contributed by atoms with Crippen LogP contribution in [0.15, 0.2) is 6.20 Å². The summed E-state index contributed by atoms with van der Waals surface area (Å²) in [5.74, 6) is 0.136. The zero-order chi connectivity index (χ0) is 13.6. The molecule has 1 saturated heterocycles. The van der Waals surface area contributed by atoms with Crippen molar-refractivity contribution in [1.29, 1.82) is 5.26 Å². The van der Waals surface area contributed by atoms with E-state index in [0.717, 1.165) is 0 Å². The topological polar surface area (TPSA) is 94.0 Å². The molecule has 0 unspecified atom stereocenters. The van der Waals surface area contributed by atoms with Crippen molar-refractivity contribution in [2.75, 3.05) is 5.73 Å². The maximum atomic E-state index is 8.77. The molecular weight excluding hydrogens is 231 g/mol. The maximum Gasteiger partial charge on any atom is 0.534 e. The zero-order valence-corrected chi connectivity index (χ0v) is 10.9. The molecule has 2 N–H and O–H groups in total. The minimum absolute atomic E-state index is 0.136. The first-order valence-electron chi connectivity index (χ1n) is 5.65. The lowest BCUT2D eigenvalue weighted by Gasteiger charge is -2.32. The van der Waals surface area contributed by atoms with Gasteiger partial charge >= 0.3 is 7.12 Å². The van der Waals surface area contributed by atoms with Gasteiger partial charge in [0.25, 0.3) is 0 Å². The van der Waals surface area contributed by atoms with E-state index in [1.165, 1.54) is 6.20 Å². The first kappa shape index (κ1) is 12.8. The van der Waals surface area contributed by atoms with Crippen LogP contribution in [0.5, 0.6) is 0 Å². The molecule has 0 radical (unpaired) electrons. The molecule has 94 valence electrons. The standard InChI is InChI=1S/C11H15BN4O2/c1-10(2)11(3,4)18-12(17-10)9-15-6-7(5-13)8(14)16-9/h6H,1-4H3,(H2,14,15,16). The predicted molar refractivity (Wildman–Crippen MR) is 66.9 cm³/mol. The van der Waals surface area contributed by atoms with Gasteiger partial charge in [-0.2, -0.15) is 5.26 Å². The van der Waals surface area contributed by atoms with E-state index < -0.39 is 18.3 Å². The summed E-state index contributed by atoms with van der Waals surface area (Å²) in [6.07, 6.45) is 1.38. The van der Waals surface area contributed by atoms with Crippen LogP contribution in [0.2, 0.25) is 0 Å². The summed E-state index contributed by atoms with van der Waals surface area (Å²) in [5, 5.41) is 8.77. The monoisotopic (exact) mass is 246 g/mol. The lowest BCUT2D eigenvalue weighted by Crippen LogP contribution is -2.41. The molecule has 0 aromatic carbocycles. The highest BCUT2D eigenvalue weighted by Crippen LogP contribution is 2.36. The normalized spacial score (nSPS) is 20.7. The van der Waals surface area contributed by atoms with Crippen LogP contribution in [0, 0.1) is 11.3 Å². The number of hydrogen-bond donors (Lipinski definition) is 1. The molecule has 0 saturated carbocycles. The van der Waals surface area contributed by atoms with Crippen molar-refractivity contribution in [3.8, 4) is 6.07 Å². The van der Waals surface area contributed by atoms with Crippen LogP contribution in [0.25, 0.3) is 0 Å². The molecule has 0 bridgehead atoms. The summed E-state index contributed by atoms with van der Waals surface area (Å²) >= 11 is 0. The number of nitrogen functional groups attached to an aromatic ring is 1. The Morgan fingerprint density at radius 1 is 1.28 bits per heavy atom. The molecule has 0 spiro atoms. The van der Waals surface area contributed by atoms with Crippen LogP contribution in [0.1, 0.15) is 33.3 Å². The Balaban J connectivity index is 2.31. The lowest BCUT2D eigenvalue weighted by molar-refractivity contribution is 0.00578. The Bertz CT molecular complexity index is 508. The van der Waals surface area contributed by atoms with Gasteiger partial charge in [-0.1, -0.05) is 0 Å². The molecule has 1 fully saturated rings. The Kier molecular flexibility index (Phi) is 2.80. The van der Waals surface area contributed by atoms with Crippen LogP contribution in [0.3, 0.4) is 0 Å². The highest BCUT2D eigenvalue weighted by Gasteiger charge is 2.53. The Hall–Kier alpha value is -1.65. The Labute approximate surface area is 106 Å². The molecule has 1 aromatic rings. The second-order valence-corrected chi connectivity index (χ2v) is 5.23. The van der Waals surface area contributed by atoms with Gasteiger partial charge < -0.3 is 15.0 Å². The number of aromatic nitrogens is 2. The molecule has 7 heteroatoms. The van der Waals surface area contributed by atoms with E-state index >= 15 is 0 Å². The highest BCUT2D eigenvalue weighted by molar-refractivity contribution is 6.60. The molecule has 0 aliphatic carbocycles. The van der Waals surface area contributed by atoms with Gasteiger partial charge in [-0.05, 0) is 27.7 Å². The van der Waals surface area contributed by atoms with Crippen molar-refractivity contribution in [1.82, 2.24) is 9.97 Å². The average molecular weight is 246 g/mol. The molecule has 6 nitrogen and oxygen atoms in total. The highest BCUT2D eigenvalue weighted by atomic mass is 16.7. The number of nitriles is 1. The fourth-order valence-electron chi connectivity index (χ4n) is 1.56. The average Bonchev–Trinajstić information content (AvgIpc) is 2.48. The third-order valence-electron chi connectivity index (χ3n) is 3.42. The summed E-state index contributed by atoms with van der Waals surface area (Å²) in [4.78, 5) is 8.11. The minimum atomic E-state index is -0.662. The third-order valence-corrected chi connectivity index (χ3v) is 3.42. The van der Waals surface area contributed by atoms with Gasteiger partial charge in [0.1, 0.15) is 17.5 Å². The van der Waals surface area contributed by atoms with Gasteiger partial charge in [0.15, 0.2) is 5.72 Å². The van der Waals surface area contributed by atoms with E-state index in [0.29, 0.717) is 5.72 Å². The zero-order valence-electron chi connectivity index (χ0n) is 10.9. The van der Waals surface area contributed by atoms with Gasteiger partial charge in [-0.3, -0.25) is 0 Å². The fourth-order valence-corrected chi connectivity index (χ4v) is 1.56. The molecule has 18 heavy (non-hydrogen) atoms. The maximum absolute atomic E-state index is 8.77. The van der Waals surface area contributed by atoms with E-state index in [1.807, 2.05) is 33.8 Å². The van der Waals surface area contributed by atoms with E-state index in [2.05, 4.69) is 9.97 Å². The van der Waals surface area contributed by atoms with Gasteiger partial charge in [0.05, 0.1) is 11.2 Å². The van der Waals surface area contributed by atoms with Crippen LogP contribution in [-0.4, -0.2) is 28.3 Å². The predicted octanol–water partition coefficient (Wildman–Crippen LogP) is 0.230. The van der Waals surface area contributed by atoms with Crippen molar-refractivity contribution in [3.05, 3.63) is 11.8 Å². The number of hydrogen-bond acceptors (Lipinski definition) is 6. The fraction of sp³-hybridized carbons (Fsp3) is 0.545. The SMILES string of the molecule is CC1(C)OB(c2ncc(C#N)c(N)n2)OC1(C)C. The second-order valence-electron chi connectivity index (χ2n) is 5.23. The van der Waals surface area contributed by atoms with Gasteiger partial charge in [-0.25, -0.2) is 9.97 Å². The lowest BCUT2D eigenvalue weighted by atomic mass is 9.89. The number of nitrogens with two attached hydrogens (primary N) is 1. The number of nitrogens with zero attached hydrogens (tertiary/aromatic N) is 3.